The number of carbonyl (C=O) groups is 2. The molecule has 1 aromatic carbocycles. The Labute approximate surface area is 94.9 Å². The van der Waals surface area contributed by atoms with E-state index >= 15 is 0 Å². The molecule has 0 amide bonds. The van der Waals surface area contributed by atoms with E-state index in [1.54, 1.807) is 0 Å². The summed E-state index contributed by atoms with van der Waals surface area (Å²) < 4.78 is 13.1. The molecular formula is C11H7FN2O3. The van der Waals surface area contributed by atoms with Crippen LogP contribution in [0.15, 0.2) is 24.5 Å². The second-order valence-electron chi connectivity index (χ2n) is 3.28. The van der Waals surface area contributed by atoms with Crippen molar-refractivity contribution in [3.05, 3.63) is 41.6 Å². The summed E-state index contributed by atoms with van der Waals surface area (Å²) in [6.07, 6.45) is 1.74. The molecule has 0 aliphatic carbocycles. The van der Waals surface area contributed by atoms with Crippen molar-refractivity contribution in [2.45, 2.75) is 0 Å². The molecule has 2 N–H and O–H groups in total. The Morgan fingerprint density at radius 3 is 2.88 bits per heavy atom. The van der Waals surface area contributed by atoms with Crippen LogP contribution in [0.4, 0.5) is 4.39 Å². The molecule has 0 fully saturated rings. The Kier molecular flexibility index (Phi) is 2.70. The summed E-state index contributed by atoms with van der Waals surface area (Å²) in [5, 5.41) is 8.97. The molecule has 0 saturated heterocycles. The van der Waals surface area contributed by atoms with E-state index in [4.69, 9.17) is 5.11 Å². The largest absolute Gasteiger partial charge is 0.478 e. The maximum atomic E-state index is 13.1. The number of H-pyrrole nitrogens is 1. The van der Waals surface area contributed by atoms with Gasteiger partial charge in [-0.15, -0.1) is 0 Å². The van der Waals surface area contributed by atoms with Gasteiger partial charge in [-0.3, -0.25) is 4.79 Å². The number of carbonyl (C=O) groups excluding carboxylic acids is 1. The molecule has 0 radical (unpaired) electrons. The molecule has 0 saturated carbocycles. The van der Waals surface area contributed by atoms with Crippen molar-refractivity contribution in [1.82, 2.24) is 9.97 Å². The smallest absolute Gasteiger partial charge is 0.336 e. The number of hydrogen-bond donors (Lipinski definition) is 2. The Morgan fingerprint density at radius 1 is 1.47 bits per heavy atom. The number of imidazole rings is 1. The fraction of sp³-hybridized carbons (Fsp3) is 0. The number of aromatic carboxylic acids is 1. The normalized spacial score (nSPS) is 10.2. The third-order valence-corrected chi connectivity index (χ3v) is 2.25. The van der Waals surface area contributed by atoms with Gasteiger partial charge in [-0.05, 0) is 18.2 Å². The van der Waals surface area contributed by atoms with Gasteiger partial charge in [0, 0.05) is 5.56 Å². The van der Waals surface area contributed by atoms with Crippen LogP contribution in [0, 0.1) is 5.82 Å². The summed E-state index contributed by atoms with van der Waals surface area (Å²) in [4.78, 5) is 28.1. The van der Waals surface area contributed by atoms with Crippen molar-refractivity contribution in [2.75, 3.05) is 0 Å². The minimum Gasteiger partial charge on any atom is -0.478 e. The fourth-order valence-electron chi connectivity index (χ4n) is 1.51. The summed E-state index contributed by atoms with van der Waals surface area (Å²) in [6, 6.07) is 3.21. The second-order valence-corrected chi connectivity index (χ2v) is 3.28. The average Bonchev–Trinajstić information content (AvgIpc) is 2.76. The van der Waals surface area contributed by atoms with E-state index in [0.29, 0.717) is 6.29 Å². The van der Waals surface area contributed by atoms with E-state index in [9.17, 15) is 14.0 Å². The molecule has 86 valence electrons. The predicted octanol–water partition coefficient (Wildman–Crippen LogP) is 1.73. The van der Waals surface area contributed by atoms with Crippen LogP contribution < -0.4 is 0 Å². The highest BCUT2D eigenvalue weighted by Gasteiger charge is 2.17. The van der Waals surface area contributed by atoms with Crippen LogP contribution in [0.1, 0.15) is 20.8 Å². The van der Waals surface area contributed by atoms with Crippen LogP contribution in [-0.4, -0.2) is 27.3 Å². The Balaban J connectivity index is 2.69. The topological polar surface area (TPSA) is 83.0 Å². The van der Waals surface area contributed by atoms with Gasteiger partial charge in [-0.1, -0.05) is 0 Å². The van der Waals surface area contributed by atoms with Crippen LogP contribution in [0.25, 0.3) is 11.3 Å². The summed E-state index contributed by atoms with van der Waals surface area (Å²) in [5.41, 5.74) is 0.192. The zero-order chi connectivity index (χ0) is 12.4. The number of aldehydes is 1. The van der Waals surface area contributed by atoms with Crippen molar-refractivity contribution in [3.8, 4) is 11.3 Å². The quantitative estimate of drug-likeness (QED) is 0.792. The van der Waals surface area contributed by atoms with E-state index in [2.05, 4.69) is 9.97 Å². The molecule has 6 heteroatoms. The maximum absolute atomic E-state index is 13.1. The number of hydrogen-bond acceptors (Lipinski definition) is 3. The van der Waals surface area contributed by atoms with Crippen LogP contribution in [0.5, 0.6) is 0 Å². The molecule has 0 aliphatic heterocycles. The van der Waals surface area contributed by atoms with Gasteiger partial charge < -0.3 is 10.1 Å². The number of carboxylic acid groups (broad SMARTS) is 1. The summed E-state index contributed by atoms with van der Waals surface area (Å²) in [5.74, 6) is -1.80. The van der Waals surface area contributed by atoms with Crippen molar-refractivity contribution < 1.29 is 19.1 Å². The van der Waals surface area contributed by atoms with Gasteiger partial charge in [0.1, 0.15) is 11.5 Å². The van der Waals surface area contributed by atoms with Gasteiger partial charge >= 0.3 is 5.97 Å². The first-order valence-electron chi connectivity index (χ1n) is 4.65. The van der Waals surface area contributed by atoms with E-state index in [-0.39, 0.29) is 22.5 Å². The number of nitrogens with zero attached hydrogens (tertiary/aromatic N) is 1. The summed E-state index contributed by atoms with van der Waals surface area (Å²) in [6.45, 7) is 0. The minimum absolute atomic E-state index is 0.0702. The van der Waals surface area contributed by atoms with Crippen LogP contribution in [0.2, 0.25) is 0 Å². The summed E-state index contributed by atoms with van der Waals surface area (Å²) in [7, 11) is 0. The molecular weight excluding hydrogens is 227 g/mol. The highest BCUT2D eigenvalue weighted by molar-refractivity contribution is 5.97. The summed E-state index contributed by atoms with van der Waals surface area (Å²) >= 11 is 0. The van der Waals surface area contributed by atoms with Crippen molar-refractivity contribution in [3.63, 3.8) is 0 Å². The molecule has 2 rings (SSSR count). The molecule has 0 aliphatic rings. The first-order chi connectivity index (χ1) is 8.13. The van der Waals surface area contributed by atoms with E-state index in [1.807, 2.05) is 0 Å². The molecule has 0 bridgehead atoms. The van der Waals surface area contributed by atoms with E-state index in [0.717, 1.165) is 18.2 Å². The van der Waals surface area contributed by atoms with E-state index < -0.39 is 11.8 Å². The molecule has 0 spiro atoms. The third kappa shape index (κ3) is 1.92. The lowest BCUT2D eigenvalue weighted by Gasteiger charge is -2.04. The maximum Gasteiger partial charge on any atom is 0.336 e. The minimum atomic E-state index is -1.21. The first-order valence-corrected chi connectivity index (χ1v) is 4.65. The number of carboxylic acids is 1. The third-order valence-electron chi connectivity index (χ3n) is 2.25. The van der Waals surface area contributed by atoms with Gasteiger partial charge in [-0.25, -0.2) is 14.2 Å². The van der Waals surface area contributed by atoms with Crippen molar-refractivity contribution in [2.24, 2.45) is 0 Å². The Hall–Kier alpha value is -2.50. The zero-order valence-electron chi connectivity index (χ0n) is 8.48. The number of halogens is 1. The predicted molar refractivity (Wildman–Crippen MR) is 56.3 cm³/mol. The SMILES string of the molecule is O=Cc1[nH]cnc1-c1cc(F)ccc1C(=O)O. The number of aromatic amines is 1. The Bertz CT molecular complexity index is 592. The molecule has 5 nitrogen and oxygen atoms in total. The highest BCUT2D eigenvalue weighted by Crippen LogP contribution is 2.24. The monoisotopic (exact) mass is 234 g/mol. The van der Waals surface area contributed by atoms with Gasteiger partial charge in [0.2, 0.25) is 0 Å². The molecule has 17 heavy (non-hydrogen) atoms. The first kappa shape index (κ1) is 11.0. The molecule has 0 unspecified atom stereocenters. The van der Waals surface area contributed by atoms with Gasteiger partial charge in [0.05, 0.1) is 17.6 Å². The molecule has 0 atom stereocenters. The van der Waals surface area contributed by atoms with E-state index in [1.165, 1.54) is 6.33 Å². The van der Waals surface area contributed by atoms with Crippen molar-refractivity contribution >= 4 is 12.3 Å². The molecule has 1 aromatic heterocycles. The standard InChI is InChI=1S/C11H7FN2O3/c12-6-1-2-7(11(16)17)8(3-6)10-9(4-15)13-5-14-10/h1-5H,(H,13,14)(H,16,17). The number of benzene rings is 1. The van der Waals surface area contributed by atoms with Crippen LogP contribution >= 0.6 is 0 Å². The lowest BCUT2D eigenvalue weighted by molar-refractivity contribution is 0.0697. The van der Waals surface area contributed by atoms with Gasteiger partial charge in [0.25, 0.3) is 0 Å². The Morgan fingerprint density at radius 2 is 2.24 bits per heavy atom. The number of rotatable bonds is 3. The highest BCUT2D eigenvalue weighted by atomic mass is 19.1. The lowest BCUT2D eigenvalue weighted by Crippen LogP contribution is -2.01. The average molecular weight is 234 g/mol. The van der Waals surface area contributed by atoms with Crippen LogP contribution in [0.3, 0.4) is 0 Å². The second kappa shape index (κ2) is 4.17. The van der Waals surface area contributed by atoms with Crippen molar-refractivity contribution in [1.29, 1.82) is 0 Å². The fourth-order valence-corrected chi connectivity index (χ4v) is 1.51. The number of nitrogens with one attached hydrogen (secondary N) is 1. The lowest BCUT2D eigenvalue weighted by atomic mass is 10.0. The molecule has 2 aromatic rings. The zero-order valence-corrected chi connectivity index (χ0v) is 8.48. The van der Waals surface area contributed by atoms with Crippen LogP contribution in [-0.2, 0) is 0 Å². The van der Waals surface area contributed by atoms with Gasteiger partial charge in [0.15, 0.2) is 6.29 Å². The number of aromatic nitrogens is 2. The molecule has 1 heterocycles. The van der Waals surface area contributed by atoms with Gasteiger partial charge in [-0.2, -0.15) is 0 Å².